The number of nitrogens with one attached hydrogen (secondary N) is 1. The van der Waals surface area contributed by atoms with Crippen molar-refractivity contribution in [3.8, 4) is 17.0 Å². The second-order valence-electron chi connectivity index (χ2n) is 8.82. The molecule has 1 fully saturated rings. The molecule has 4 rings (SSSR count). The highest BCUT2D eigenvalue weighted by Gasteiger charge is 2.32. The van der Waals surface area contributed by atoms with Gasteiger partial charge in [0.25, 0.3) is 11.5 Å². The largest absolute Gasteiger partial charge is 0.502 e. The molecule has 0 bridgehead atoms. The van der Waals surface area contributed by atoms with Crippen LogP contribution >= 0.6 is 0 Å². The Bertz CT molecular complexity index is 1290. The van der Waals surface area contributed by atoms with Gasteiger partial charge in [-0.05, 0) is 61.4 Å². The molecule has 0 aliphatic heterocycles. The van der Waals surface area contributed by atoms with Gasteiger partial charge in [0, 0.05) is 18.7 Å². The zero-order valence-corrected chi connectivity index (χ0v) is 18.9. The van der Waals surface area contributed by atoms with Gasteiger partial charge in [-0.2, -0.15) is 13.2 Å². The van der Waals surface area contributed by atoms with Crippen LogP contribution in [0.15, 0.2) is 59.4 Å². The van der Waals surface area contributed by atoms with Crippen molar-refractivity contribution in [1.82, 2.24) is 9.88 Å². The van der Waals surface area contributed by atoms with Crippen molar-refractivity contribution in [1.29, 1.82) is 0 Å². The maximum Gasteiger partial charge on any atom is 0.416 e. The Morgan fingerprint density at radius 3 is 2.31 bits per heavy atom. The molecular weight excluding hydrogens is 464 g/mol. The van der Waals surface area contributed by atoms with Gasteiger partial charge in [-0.1, -0.05) is 30.3 Å². The van der Waals surface area contributed by atoms with Crippen molar-refractivity contribution in [2.75, 3.05) is 0 Å². The molecule has 5 nitrogen and oxygen atoms in total. The number of aromatic nitrogens is 1. The van der Waals surface area contributed by atoms with E-state index in [4.69, 9.17) is 0 Å². The average molecular weight is 488 g/mol. The minimum absolute atomic E-state index is 0.129. The van der Waals surface area contributed by atoms with Crippen molar-refractivity contribution in [3.63, 3.8) is 0 Å². The van der Waals surface area contributed by atoms with Crippen LogP contribution < -0.4 is 10.9 Å². The molecule has 1 aliphatic carbocycles. The zero-order chi connectivity index (χ0) is 25.3. The standard InChI is InChI=1S/C26H24F4N2O3/c1-32-22(17-11-18(26(28,29)30)13-19(27)12-17)14-21(23(33)25(32)35)24(34)31-20-9-7-16(8-10-20)15-5-3-2-4-6-15/h2-6,11-14,16,20,33H,7-10H2,1H3,(H,31,34)/t16-,20-. The van der Waals surface area contributed by atoms with E-state index < -0.39 is 34.8 Å². The summed E-state index contributed by atoms with van der Waals surface area (Å²) in [7, 11) is 1.22. The summed E-state index contributed by atoms with van der Waals surface area (Å²) in [5.74, 6) is -2.29. The lowest BCUT2D eigenvalue weighted by molar-refractivity contribution is -0.137. The van der Waals surface area contributed by atoms with Gasteiger partial charge in [-0.15, -0.1) is 0 Å². The van der Waals surface area contributed by atoms with E-state index in [1.54, 1.807) is 0 Å². The fourth-order valence-electron chi connectivity index (χ4n) is 4.60. The maximum absolute atomic E-state index is 14.0. The maximum atomic E-state index is 14.0. The van der Waals surface area contributed by atoms with Gasteiger partial charge in [-0.25, -0.2) is 4.39 Å². The zero-order valence-electron chi connectivity index (χ0n) is 18.9. The number of amides is 1. The van der Waals surface area contributed by atoms with Gasteiger partial charge in [-0.3, -0.25) is 9.59 Å². The lowest BCUT2D eigenvalue weighted by Gasteiger charge is -2.29. The van der Waals surface area contributed by atoms with Crippen LogP contribution in [0.1, 0.15) is 53.1 Å². The highest BCUT2D eigenvalue weighted by atomic mass is 19.4. The molecule has 1 aliphatic rings. The van der Waals surface area contributed by atoms with E-state index in [0.717, 1.165) is 29.5 Å². The second-order valence-corrected chi connectivity index (χ2v) is 8.82. The molecular formula is C26H24F4N2O3. The van der Waals surface area contributed by atoms with Gasteiger partial charge in [0.1, 0.15) is 5.82 Å². The van der Waals surface area contributed by atoms with Crippen LogP contribution in [0.25, 0.3) is 11.3 Å². The van der Waals surface area contributed by atoms with Crippen LogP contribution in [-0.2, 0) is 13.2 Å². The summed E-state index contributed by atoms with van der Waals surface area (Å²) in [6, 6.07) is 12.9. The summed E-state index contributed by atoms with van der Waals surface area (Å²) in [6.07, 6.45) is -1.70. The number of aromatic hydroxyl groups is 1. The summed E-state index contributed by atoms with van der Waals surface area (Å²) >= 11 is 0. The van der Waals surface area contributed by atoms with E-state index in [9.17, 15) is 32.3 Å². The SMILES string of the molecule is Cn1c(-c2cc(F)cc(C(F)(F)F)c2)cc(C(=O)N[C@H]2CC[C@H](c3ccccc3)CC2)c(O)c1=O. The Balaban J connectivity index is 1.58. The number of halogens is 4. The van der Waals surface area contributed by atoms with Gasteiger partial charge >= 0.3 is 6.18 Å². The summed E-state index contributed by atoms with van der Waals surface area (Å²) < 4.78 is 54.4. The third-order valence-corrected chi connectivity index (χ3v) is 6.50. The van der Waals surface area contributed by atoms with E-state index >= 15 is 0 Å². The molecule has 0 saturated heterocycles. The number of alkyl halides is 3. The molecule has 35 heavy (non-hydrogen) atoms. The quantitative estimate of drug-likeness (QED) is 0.485. The average Bonchev–Trinajstić information content (AvgIpc) is 2.83. The second kappa shape index (κ2) is 9.56. The monoisotopic (exact) mass is 488 g/mol. The number of carbonyl (C=O) groups is 1. The lowest BCUT2D eigenvalue weighted by atomic mass is 9.81. The highest BCUT2D eigenvalue weighted by molar-refractivity contribution is 5.97. The van der Waals surface area contributed by atoms with Gasteiger partial charge in [0.2, 0.25) is 0 Å². The third-order valence-electron chi connectivity index (χ3n) is 6.50. The normalized spacial score (nSPS) is 18.3. The Morgan fingerprint density at radius 1 is 1.03 bits per heavy atom. The van der Waals surface area contributed by atoms with Gasteiger partial charge in [0.15, 0.2) is 5.75 Å². The Hall–Kier alpha value is -3.62. The summed E-state index contributed by atoms with van der Waals surface area (Å²) in [4.78, 5) is 25.5. The molecule has 1 heterocycles. The summed E-state index contributed by atoms with van der Waals surface area (Å²) in [6.45, 7) is 0. The molecule has 2 N–H and O–H groups in total. The molecule has 2 aromatic carbocycles. The smallest absolute Gasteiger partial charge is 0.416 e. The van der Waals surface area contributed by atoms with Crippen LogP contribution in [-0.4, -0.2) is 21.6 Å². The van der Waals surface area contributed by atoms with Crippen molar-refractivity contribution >= 4 is 5.91 Å². The first-order valence-corrected chi connectivity index (χ1v) is 11.2. The molecule has 0 spiro atoms. The summed E-state index contributed by atoms with van der Waals surface area (Å²) in [5.41, 5.74) is -1.71. The minimum Gasteiger partial charge on any atom is -0.502 e. The lowest BCUT2D eigenvalue weighted by Crippen LogP contribution is -2.38. The van der Waals surface area contributed by atoms with E-state index in [0.29, 0.717) is 30.9 Å². The molecule has 1 amide bonds. The topological polar surface area (TPSA) is 71.3 Å². The number of pyridine rings is 1. The highest BCUT2D eigenvalue weighted by Crippen LogP contribution is 2.35. The van der Waals surface area contributed by atoms with E-state index in [1.807, 2.05) is 18.2 Å². The number of hydrogen-bond acceptors (Lipinski definition) is 3. The first-order chi connectivity index (χ1) is 16.5. The minimum atomic E-state index is -4.80. The first kappa shape index (κ1) is 24.5. The Morgan fingerprint density at radius 2 is 1.69 bits per heavy atom. The number of nitrogens with zero attached hydrogens (tertiary/aromatic N) is 1. The Labute approximate surface area is 199 Å². The molecule has 0 radical (unpaired) electrons. The third kappa shape index (κ3) is 5.23. The number of rotatable bonds is 4. The van der Waals surface area contributed by atoms with E-state index in [2.05, 4.69) is 17.4 Å². The first-order valence-electron chi connectivity index (χ1n) is 11.2. The molecule has 0 unspecified atom stereocenters. The van der Waals surface area contributed by atoms with Crippen LogP contribution in [0, 0.1) is 5.82 Å². The fourth-order valence-corrected chi connectivity index (χ4v) is 4.60. The summed E-state index contributed by atoms with van der Waals surface area (Å²) in [5, 5.41) is 13.1. The van der Waals surface area contributed by atoms with Crippen molar-refractivity contribution < 1.29 is 27.5 Å². The molecule has 184 valence electrons. The Kier molecular flexibility index (Phi) is 6.69. The van der Waals surface area contributed by atoms with Crippen molar-refractivity contribution in [3.05, 3.63) is 87.5 Å². The van der Waals surface area contributed by atoms with Gasteiger partial charge < -0.3 is 15.0 Å². The van der Waals surface area contributed by atoms with Crippen LogP contribution in [0.5, 0.6) is 5.75 Å². The van der Waals surface area contributed by atoms with E-state index in [1.165, 1.54) is 12.6 Å². The number of benzene rings is 2. The molecule has 3 aromatic rings. The number of hydrogen-bond donors (Lipinski definition) is 2. The fraction of sp³-hybridized carbons (Fsp3) is 0.308. The van der Waals surface area contributed by atoms with Crippen LogP contribution in [0.4, 0.5) is 17.6 Å². The van der Waals surface area contributed by atoms with Crippen molar-refractivity contribution in [2.24, 2.45) is 7.05 Å². The number of carbonyl (C=O) groups excluding carboxylic acids is 1. The molecule has 1 saturated carbocycles. The predicted molar refractivity (Wildman–Crippen MR) is 123 cm³/mol. The molecule has 0 atom stereocenters. The van der Waals surface area contributed by atoms with E-state index in [-0.39, 0.29) is 22.9 Å². The van der Waals surface area contributed by atoms with Crippen molar-refractivity contribution in [2.45, 2.75) is 43.8 Å². The molecule has 9 heteroatoms. The molecule has 1 aromatic heterocycles. The van der Waals surface area contributed by atoms with Gasteiger partial charge in [0.05, 0.1) is 16.8 Å². The predicted octanol–water partition coefficient (Wildman–Crippen LogP) is 5.37. The van der Waals surface area contributed by atoms with Crippen LogP contribution in [0.3, 0.4) is 0 Å². The van der Waals surface area contributed by atoms with Crippen LogP contribution in [0.2, 0.25) is 0 Å².